The van der Waals surface area contributed by atoms with Crippen molar-refractivity contribution in [2.75, 3.05) is 24.8 Å². The third-order valence-electron chi connectivity index (χ3n) is 2.82. The second kappa shape index (κ2) is 6.36. The maximum atomic E-state index is 11.5. The molecule has 1 rings (SSSR count). The van der Waals surface area contributed by atoms with E-state index in [9.17, 15) is 4.79 Å². The molecule has 1 aromatic rings. The summed E-state index contributed by atoms with van der Waals surface area (Å²) >= 11 is 0. The minimum absolute atomic E-state index is 0.210. The van der Waals surface area contributed by atoms with Gasteiger partial charge in [-0.2, -0.15) is 0 Å². The van der Waals surface area contributed by atoms with Crippen LogP contribution in [0.4, 0.5) is 11.6 Å². The molecule has 0 saturated carbocycles. The maximum absolute atomic E-state index is 11.5. The lowest BCUT2D eigenvalue weighted by atomic mass is 10.2. The molecule has 1 aromatic heterocycles. The fraction of sp³-hybridized carbons (Fsp3) is 0.615. The third kappa shape index (κ3) is 3.56. The van der Waals surface area contributed by atoms with Crippen LogP contribution in [-0.4, -0.2) is 36.1 Å². The lowest BCUT2D eigenvalue weighted by Crippen LogP contribution is -2.28. The molecule has 0 saturated heterocycles. The van der Waals surface area contributed by atoms with Gasteiger partial charge in [0.2, 0.25) is 0 Å². The molecular weight excluding hydrogens is 244 g/mol. The number of methoxy groups -OCH3 is 1. The summed E-state index contributed by atoms with van der Waals surface area (Å²) in [5.74, 6) is 2.03. The van der Waals surface area contributed by atoms with E-state index in [0.717, 1.165) is 17.2 Å². The van der Waals surface area contributed by atoms with Crippen LogP contribution in [0, 0.1) is 6.92 Å². The van der Waals surface area contributed by atoms with Crippen molar-refractivity contribution >= 4 is 17.6 Å². The van der Waals surface area contributed by atoms with Gasteiger partial charge in [-0.15, -0.1) is 0 Å². The Balaban J connectivity index is 3.11. The summed E-state index contributed by atoms with van der Waals surface area (Å²) in [5.41, 5.74) is 0.877. The molecular formula is C13H22N4O2. The highest BCUT2D eigenvalue weighted by atomic mass is 16.5. The van der Waals surface area contributed by atoms with Crippen molar-refractivity contribution in [2.45, 2.75) is 39.7 Å². The van der Waals surface area contributed by atoms with Gasteiger partial charge in [-0.3, -0.25) is 0 Å². The van der Waals surface area contributed by atoms with Crippen LogP contribution >= 0.6 is 0 Å². The fourth-order valence-electron chi connectivity index (χ4n) is 1.62. The number of hydrogen-bond donors (Lipinski definition) is 2. The number of anilines is 2. The Kier molecular flexibility index (Phi) is 5.09. The lowest BCUT2D eigenvalue weighted by molar-refractivity contribution is -0.141. The molecule has 0 bridgehead atoms. The van der Waals surface area contributed by atoms with Crippen LogP contribution in [-0.2, 0) is 9.53 Å². The monoisotopic (exact) mass is 266 g/mol. The summed E-state index contributed by atoms with van der Waals surface area (Å²) in [6, 6.07) is -0.455. The third-order valence-corrected chi connectivity index (χ3v) is 2.82. The molecule has 19 heavy (non-hydrogen) atoms. The summed E-state index contributed by atoms with van der Waals surface area (Å²) in [6.07, 6.45) is 0. The average molecular weight is 266 g/mol. The van der Waals surface area contributed by atoms with Crippen LogP contribution in [0.3, 0.4) is 0 Å². The highest BCUT2D eigenvalue weighted by Crippen LogP contribution is 2.23. The van der Waals surface area contributed by atoms with Gasteiger partial charge in [-0.05, 0) is 13.8 Å². The Morgan fingerprint density at radius 1 is 1.21 bits per heavy atom. The second-order valence-corrected chi connectivity index (χ2v) is 4.70. The highest BCUT2D eigenvalue weighted by Gasteiger charge is 2.17. The van der Waals surface area contributed by atoms with Crippen LogP contribution < -0.4 is 10.6 Å². The number of nitrogens with one attached hydrogen (secondary N) is 2. The second-order valence-electron chi connectivity index (χ2n) is 4.70. The fourth-order valence-corrected chi connectivity index (χ4v) is 1.62. The summed E-state index contributed by atoms with van der Waals surface area (Å²) < 4.78 is 4.70. The van der Waals surface area contributed by atoms with Crippen molar-refractivity contribution in [3.05, 3.63) is 11.4 Å². The number of rotatable bonds is 5. The quantitative estimate of drug-likeness (QED) is 0.793. The van der Waals surface area contributed by atoms with Crippen LogP contribution in [0.15, 0.2) is 0 Å². The predicted octanol–water partition coefficient (Wildman–Crippen LogP) is 1.92. The van der Waals surface area contributed by atoms with E-state index in [-0.39, 0.29) is 11.9 Å². The minimum atomic E-state index is -0.455. The van der Waals surface area contributed by atoms with Gasteiger partial charge in [0.1, 0.15) is 23.5 Å². The summed E-state index contributed by atoms with van der Waals surface area (Å²) in [7, 11) is 3.18. The topological polar surface area (TPSA) is 76.1 Å². The molecule has 106 valence electrons. The first-order valence-corrected chi connectivity index (χ1v) is 6.31. The van der Waals surface area contributed by atoms with Crippen LogP contribution in [0.5, 0.6) is 0 Å². The Morgan fingerprint density at radius 3 is 2.26 bits per heavy atom. The van der Waals surface area contributed by atoms with Crippen LogP contribution in [0.2, 0.25) is 0 Å². The van der Waals surface area contributed by atoms with Crippen molar-refractivity contribution < 1.29 is 9.53 Å². The van der Waals surface area contributed by atoms with Gasteiger partial charge in [0.15, 0.2) is 0 Å². The number of aromatic nitrogens is 2. The maximum Gasteiger partial charge on any atom is 0.328 e. The van der Waals surface area contributed by atoms with Crippen LogP contribution in [0.25, 0.3) is 0 Å². The average Bonchev–Trinajstić information content (AvgIpc) is 2.39. The van der Waals surface area contributed by atoms with Gasteiger partial charge in [0.25, 0.3) is 0 Å². The van der Waals surface area contributed by atoms with Gasteiger partial charge in [-0.1, -0.05) is 13.8 Å². The van der Waals surface area contributed by atoms with Crippen molar-refractivity contribution in [3.63, 3.8) is 0 Å². The van der Waals surface area contributed by atoms with E-state index in [4.69, 9.17) is 4.74 Å². The molecule has 6 heteroatoms. The molecule has 0 aliphatic heterocycles. The standard InChI is InChI=1S/C13H22N4O2/c1-7(2)10-16-11(14-5)8(3)12(17-10)15-9(4)13(18)19-6/h7,9H,1-6H3,(H2,14,15,16,17). The zero-order valence-electron chi connectivity index (χ0n) is 12.4. The van der Waals surface area contributed by atoms with E-state index in [0.29, 0.717) is 5.82 Å². The number of hydrogen-bond acceptors (Lipinski definition) is 6. The molecule has 0 aromatic carbocycles. The largest absolute Gasteiger partial charge is 0.467 e. The molecule has 0 radical (unpaired) electrons. The lowest BCUT2D eigenvalue weighted by Gasteiger charge is -2.17. The summed E-state index contributed by atoms with van der Waals surface area (Å²) in [5, 5.41) is 6.11. The highest BCUT2D eigenvalue weighted by molar-refractivity contribution is 5.79. The van der Waals surface area contributed by atoms with Crippen LogP contribution in [0.1, 0.15) is 38.1 Å². The first-order chi connectivity index (χ1) is 8.90. The van der Waals surface area contributed by atoms with Crippen molar-refractivity contribution in [1.82, 2.24) is 9.97 Å². The molecule has 2 N–H and O–H groups in total. The van der Waals surface area contributed by atoms with E-state index < -0.39 is 6.04 Å². The van der Waals surface area contributed by atoms with E-state index in [1.807, 2.05) is 27.8 Å². The molecule has 0 aliphatic carbocycles. The van der Waals surface area contributed by atoms with Gasteiger partial charge in [-0.25, -0.2) is 14.8 Å². The molecule has 1 atom stereocenters. The number of ether oxygens (including phenoxy) is 1. The number of carbonyl (C=O) groups excluding carboxylic acids is 1. The SMILES string of the molecule is CNc1nc(C(C)C)nc(NC(C)C(=O)OC)c1C. The predicted molar refractivity (Wildman–Crippen MR) is 75.5 cm³/mol. The molecule has 0 aliphatic rings. The molecule has 6 nitrogen and oxygen atoms in total. The summed E-state index contributed by atoms with van der Waals surface area (Å²) in [4.78, 5) is 20.4. The van der Waals surface area contributed by atoms with Gasteiger partial charge in [0.05, 0.1) is 7.11 Å². The Bertz CT molecular complexity index is 460. The molecule has 0 fully saturated rings. The number of esters is 1. The Hall–Kier alpha value is -1.85. The van der Waals surface area contributed by atoms with Gasteiger partial charge < -0.3 is 15.4 Å². The molecule has 0 spiro atoms. The first kappa shape index (κ1) is 15.2. The van der Waals surface area contributed by atoms with E-state index in [2.05, 4.69) is 20.6 Å². The Labute approximate surface area is 114 Å². The van der Waals surface area contributed by atoms with Crippen molar-refractivity contribution in [2.24, 2.45) is 0 Å². The van der Waals surface area contributed by atoms with E-state index in [1.165, 1.54) is 7.11 Å². The van der Waals surface area contributed by atoms with Crippen molar-refractivity contribution in [3.8, 4) is 0 Å². The first-order valence-electron chi connectivity index (χ1n) is 6.31. The smallest absolute Gasteiger partial charge is 0.328 e. The normalized spacial score (nSPS) is 12.2. The zero-order chi connectivity index (χ0) is 14.6. The molecule has 1 heterocycles. The minimum Gasteiger partial charge on any atom is -0.467 e. The Morgan fingerprint density at radius 2 is 1.79 bits per heavy atom. The summed E-state index contributed by atoms with van der Waals surface area (Å²) in [6.45, 7) is 7.69. The van der Waals surface area contributed by atoms with E-state index in [1.54, 1.807) is 6.92 Å². The van der Waals surface area contributed by atoms with Gasteiger partial charge in [0, 0.05) is 18.5 Å². The van der Waals surface area contributed by atoms with E-state index >= 15 is 0 Å². The number of nitrogens with zero attached hydrogens (tertiary/aromatic N) is 2. The molecule has 0 amide bonds. The zero-order valence-corrected chi connectivity index (χ0v) is 12.4. The number of carbonyl (C=O) groups is 1. The van der Waals surface area contributed by atoms with Crippen molar-refractivity contribution in [1.29, 1.82) is 0 Å². The van der Waals surface area contributed by atoms with Gasteiger partial charge >= 0.3 is 5.97 Å². The molecule has 1 unspecified atom stereocenters.